The van der Waals surface area contributed by atoms with Gasteiger partial charge in [-0.3, -0.25) is 9.59 Å². The Bertz CT molecular complexity index is 1240. The molecule has 3 aromatic rings. The van der Waals surface area contributed by atoms with Gasteiger partial charge >= 0.3 is 11.8 Å². The SMILES string of the molecule is Cc1c(C(C)NC(=O)c2nc(C(C)(C)C)no2)ccc(-c2ccnc(NC(=O)C3CC3)c2)c1F. The van der Waals surface area contributed by atoms with Crippen LogP contribution in [0.4, 0.5) is 10.2 Å². The van der Waals surface area contributed by atoms with Crippen LogP contribution in [-0.4, -0.2) is 26.9 Å². The number of anilines is 1. The maximum atomic E-state index is 15.4. The molecule has 1 aliphatic carbocycles. The molecule has 2 N–H and O–H groups in total. The summed E-state index contributed by atoms with van der Waals surface area (Å²) in [6, 6.07) is 6.29. The lowest BCUT2D eigenvalue weighted by molar-refractivity contribution is -0.117. The molecular weight excluding hydrogens is 437 g/mol. The quantitative estimate of drug-likeness (QED) is 0.545. The van der Waals surface area contributed by atoms with Crippen molar-refractivity contribution in [3.8, 4) is 11.1 Å². The van der Waals surface area contributed by atoms with Crippen LogP contribution >= 0.6 is 0 Å². The third-order valence-electron chi connectivity index (χ3n) is 5.80. The number of benzene rings is 1. The molecule has 1 saturated carbocycles. The Morgan fingerprint density at radius 1 is 1.21 bits per heavy atom. The van der Waals surface area contributed by atoms with E-state index in [0.29, 0.717) is 33.9 Å². The van der Waals surface area contributed by atoms with Crippen molar-refractivity contribution in [2.75, 3.05) is 5.32 Å². The smallest absolute Gasteiger partial charge is 0.315 e. The fourth-order valence-electron chi connectivity index (χ4n) is 3.59. The van der Waals surface area contributed by atoms with Crippen LogP contribution in [0.25, 0.3) is 11.1 Å². The van der Waals surface area contributed by atoms with E-state index in [1.807, 2.05) is 20.8 Å². The first kappa shape index (κ1) is 23.5. The highest BCUT2D eigenvalue weighted by atomic mass is 19.1. The summed E-state index contributed by atoms with van der Waals surface area (Å²) in [5.74, 6) is -0.247. The summed E-state index contributed by atoms with van der Waals surface area (Å²) >= 11 is 0. The summed E-state index contributed by atoms with van der Waals surface area (Å²) in [5, 5.41) is 9.44. The second kappa shape index (κ2) is 8.96. The lowest BCUT2D eigenvalue weighted by Crippen LogP contribution is -2.28. The summed E-state index contributed by atoms with van der Waals surface area (Å²) in [4.78, 5) is 33.0. The van der Waals surface area contributed by atoms with Crippen LogP contribution in [0.2, 0.25) is 0 Å². The monoisotopic (exact) mass is 465 g/mol. The number of amides is 2. The topological polar surface area (TPSA) is 110 Å². The minimum absolute atomic E-state index is 0.0487. The molecule has 9 heteroatoms. The van der Waals surface area contributed by atoms with Crippen LogP contribution in [0, 0.1) is 18.7 Å². The third-order valence-corrected chi connectivity index (χ3v) is 5.80. The number of carbonyl (C=O) groups is 2. The summed E-state index contributed by atoms with van der Waals surface area (Å²) in [6.07, 6.45) is 3.32. The van der Waals surface area contributed by atoms with Gasteiger partial charge in [-0.2, -0.15) is 4.98 Å². The lowest BCUT2D eigenvalue weighted by Gasteiger charge is -2.18. The van der Waals surface area contributed by atoms with Crippen LogP contribution < -0.4 is 10.6 Å². The van der Waals surface area contributed by atoms with E-state index in [1.165, 1.54) is 0 Å². The Labute approximate surface area is 197 Å². The van der Waals surface area contributed by atoms with Gasteiger partial charge in [0.05, 0.1) is 6.04 Å². The average Bonchev–Trinajstić information content (AvgIpc) is 3.50. The number of aromatic nitrogens is 3. The molecule has 8 nitrogen and oxygen atoms in total. The van der Waals surface area contributed by atoms with Crippen molar-refractivity contribution in [2.45, 2.75) is 58.9 Å². The third kappa shape index (κ3) is 4.98. The summed E-state index contributed by atoms with van der Waals surface area (Å²) in [7, 11) is 0. The fourth-order valence-corrected chi connectivity index (χ4v) is 3.59. The zero-order chi connectivity index (χ0) is 24.6. The molecule has 1 aliphatic rings. The molecule has 2 amide bonds. The molecule has 0 aliphatic heterocycles. The van der Waals surface area contributed by atoms with Gasteiger partial charge < -0.3 is 15.2 Å². The number of hydrogen-bond acceptors (Lipinski definition) is 6. The van der Waals surface area contributed by atoms with Gasteiger partial charge in [0.15, 0.2) is 5.82 Å². The van der Waals surface area contributed by atoms with Gasteiger partial charge in [-0.25, -0.2) is 9.37 Å². The second-order valence-electron chi connectivity index (χ2n) is 9.70. The molecule has 34 heavy (non-hydrogen) atoms. The summed E-state index contributed by atoms with van der Waals surface area (Å²) < 4.78 is 20.5. The van der Waals surface area contributed by atoms with Gasteiger partial charge in [-0.05, 0) is 55.5 Å². The summed E-state index contributed by atoms with van der Waals surface area (Å²) in [5.41, 5.74) is 1.67. The van der Waals surface area contributed by atoms with Crippen molar-refractivity contribution in [3.63, 3.8) is 0 Å². The number of hydrogen-bond donors (Lipinski definition) is 2. The molecule has 1 fully saturated rings. The number of nitrogens with zero attached hydrogens (tertiary/aromatic N) is 3. The average molecular weight is 466 g/mol. The Kier molecular flexibility index (Phi) is 6.20. The number of rotatable bonds is 6. The van der Waals surface area contributed by atoms with Gasteiger partial charge in [0.1, 0.15) is 11.6 Å². The minimum Gasteiger partial charge on any atom is -0.341 e. The number of nitrogens with one attached hydrogen (secondary N) is 2. The van der Waals surface area contributed by atoms with E-state index in [4.69, 9.17) is 4.52 Å². The predicted molar refractivity (Wildman–Crippen MR) is 125 cm³/mol. The van der Waals surface area contributed by atoms with Crippen molar-refractivity contribution >= 4 is 17.6 Å². The first-order chi connectivity index (χ1) is 16.0. The maximum absolute atomic E-state index is 15.4. The van der Waals surface area contributed by atoms with E-state index in [2.05, 4.69) is 25.8 Å². The summed E-state index contributed by atoms with van der Waals surface area (Å²) in [6.45, 7) is 9.19. The van der Waals surface area contributed by atoms with Gasteiger partial charge in [-0.15, -0.1) is 0 Å². The van der Waals surface area contributed by atoms with E-state index in [1.54, 1.807) is 44.3 Å². The molecule has 0 spiro atoms. The highest BCUT2D eigenvalue weighted by Gasteiger charge is 2.30. The molecule has 0 radical (unpaired) electrons. The zero-order valence-electron chi connectivity index (χ0n) is 19.9. The zero-order valence-corrected chi connectivity index (χ0v) is 19.9. The molecule has 2 aromatic heterocycles. The predicted octanol–water partition coefficient (Wildman–Crippen LogP) is 4.72. The second-order valence-corrected chi connectivity index (χ2v) is 9.70. The van der Waals surface area contributed by atoms with Gasteiger partial charge in [-0.1, -0.05) is 38.1 Å². The van der Waals surface area contributed by atoms with Crippen LogP contribution in [0.5, 0.6) is 0 Å². The molecule has 1 aromatic carbocycles. The first-order valence-electron chi connectivity index (χ1n) is 11.3. The fraction of sp³-hybridized carbons (Fsp3) is 0.400. The minimum atomic E-state index is -0.524. The molecule has 178 valence electrons. The molecule has 0 saturated heterocycles. The van der Waals surface area contributed by atoms with Crippen LogP contribution in [-0.2, 0) is 10.2 Å². The first-order valence-corrected chi connectivity index (χ1v) is 11.3. The molecule has 2 heterocycles. The van der Waals surface area contributed by atoms with Gasteiger partial charge in [0.25, 0.3) is 0 Å². The molecule has 4 rings (SSSR count). The lowest BCUT2D eigenvalue weighted by atomic mass is 9.96. The van der Waals surface area contributed by atoms with Crippen LogP contribution in [0.1, 0.15) is 74.2 Å². The van der Waals surface area contributed by atoms with E-state index in [0.717, 1.165) is 12.8 Å². The van der Waals surface area contributed by atoms with Crippen molar-refractivity contribution in [2.24, 2.45) is 5.92 Å². The number of carbonyl (C=O) groups excluding carboxylic acids is 2. The maximum Gasteiger partial charge on any atom is 0.315 e. The molecule has 0 bridgehead atoms. The van der Waals surface area contributed by atoms with Crippen LogP contribution in [0.15, 0.2) is 35.0 Å². The molecular formula is C25H28FN5O3. The van der Waals surface area contributed by atoms with Gasteiger partial charge in [0.2, 0.25) is 5.91 Å². The van der Waals surface area contributed by atoms with E-state index in [-0.39, 0.29) is 23.1 Å². The van der Waals surface area contributed by atoms with Crippen molar-refractivity contribution in [1.29, 1.82) is 0 Å². The molecule has 1 atom stereocenters. The van der Waals surface area contributed by atoms with E-state index >= 15 is 4.39 Å². The van der Waals surface area contributed by atoms with Crippen LogP contribution in [0.3, 0.4) is 0 Å². The Hall–Kier alpha value is -3.62. The van der Waals surface area contributed by atoms with E-state index < -0.39 is 17.8 Å². The van der Waals surface area contributed by atoms with Crippen molar-refractivity contribution in [3.05, 3.63) is 59.1 Å². The number of halogens is 1. The van der Waals surface area contributed by atoms with E-state index in [9.17, 15) is 9.59 Å². The normalized spacial score (nSPS) is 14.5. The highest BCUT2D eigenvalue weighted by molar-refractivity contribution is 5.93. The van der Waals surface area contributed by atoms with Crippen molar-refractivity contribution < 1.29 is 18.5 Å². The Morgan fingerprint density at radius 2 is 1.94 bits per heavy atom. The Morgan fingerprint density at radius 3 is 2.59 bits per heavy atom. The Balaban J connectivity index is 1.51. The number of pyridine rings is 1. The molecule has 1 unspecified atom stereocenters. The van der Waals surface area contributed by atoms with Gasteiger partial charge in [0, 0.05) is 23.1 Å². The largest absolute Gasteiger partial charge is 0.341 e. The standard InChI is InChI=1S/C25H28FN5O3/c1-13-17(14(2)28-22(33)23-30-24(31-34-23)25(3,4)5)8-9-18(20(13)26)16-10-11-27-19(12-16)29-21(32)15-6-7-15/h8-12,14-15H,6-7H2,1-5H3,(H,28,33)(H,27,29,32). The highest BCUT2D eigenvalue weighted by Crippen LogP contribution is 2.32. The van der Waals surface area contributed by atoms with Crippen molar-refractivity contribution in [1.82, 2.24) is 20.4 Å².